The fraction of sp³-hybridized carbons (Fsp3) is 0.385. The van der Waals surface area contributed by atoms with Crippen LogP contribution in [0.15, 0.2) is 54.0 Å². The average molecular weight is 475 g/mol. The molecule has 1 amide bonds. The van der Waals surface area contributed by atoms with Crippen LogP contribution in [0.3, 0.4) is 0 Å². The lowest BCUT2D eigenvalue weighted by molar-refractivity contribution is -0.120. The van der Waals surface area contributed by atoms with Crippen molar-refractivity contribution in [3.05, 3.63) is 54.0 Å². The number of rotatable bonds is 6. The van der Waals surface area contributed by atoms with Crippen LogP contribution in [0, 0.1) is 11.3 Å². The number of benzene rings is 1. The first-order valence-corrected chi connectivity index (χ1v) is 11.7. The molecule has 0 bridgehead atoms. The number of nitrogens with one attached hydrogen (secondary N) is 1. The van der Waals surface area contributed by atoms with E-state index in [1.165, 1.54) is 0 Å². The van der Waals surface area contributed by atoms with Gasteiger partial charge in [0.1, 0.15) is 23.3 Å². The smallest absolute Gasteiger partial charge is 0.224 e. The van der Waals surface area contributed by atoms with Crippen LogP contribution in [-0.2, 0) is 14.3 Å². The highest BCUT2D eigenvalue weighted by atomic mass is 16.5. The van der Waals surface area contributed by atoms with Crippen LogP contribution in [0.25, 0.3) is 0 Å². The van der Waals surface area contributed by atoms with Gasteiger partial charge >= 0.3 is 0 Å². The Morgan fingerprint density at radius 2 is 1.69 bits per heavy atom. The molecular formula is C26H30N6O3. The Kier molecular flexibility index (Phi) is 7.03. The lowest BCUT2D eigenvalue weighted by Gasteiger charge is -2.36. The van der Waals surface area contributed by atoms with Gasteiger partial charge in [0.05, 0.1) is 35.5 Å². The van der Waals surface area contributed by atoms with Crippen LogP contribution in [-0.4, -0.2) is 56.1 Å². The number of aromatic nitrogens is 1. The highest BCUT2D eigenvalue weighted by molar-refractivity contribution is 6.04. The van der Waals surface area contributed by atoms with Gasteiger partial charge in [0.2, 0.25) is 5.91 Å². The van der Waals surface area contributed by atoms with Crippen LogP contribution in [0.4, 0.5) is 22.9 Å². The van der Waals surface area contributed by atoms with E-state index in [0.717, 1.165) is 30.3 Å². The number of ketones is 1. The van der Waals surface area contributed by atoms with E-state index in [9.17, 15) is 14.9 Å². The first-order chi connectivity index (χ1) is 16.8. The second-order valence-electron chi connectivity index (χ2n) is 8.96. The molecule has 9 nitrogen and oxygen atoms in total. The van der Waals surface area contributed by atoms with Crippen LogP contribution >= 0.6 is 0 Å². The van der Waals surface area contributed by atoms with Gasteiger partial charge in [0, 0.05) is 40.0 Å². The number of carbonyl (C=O) groups is 2. The molecule has 1 N–H and O–H groups in total. The molecule has 182 valence electrons. The number of nitriles is 1. The van der Waals surface area contributed by atoms with Gasteiger partial charge in [0.25, 0.3) is 0 Å². The van der Waals surface area contributed by atoms with Gasteiger partial charge in [-0.1, -0.05) is 12.1 Å². The van der Waals surface area contributed by atoms with E-state index in [4.69, 9.17) is 4.74 Å². The molecule has 1 aromatic carbocycles. The Labute approximate surface area is 205 Å². The molecule has 0 radical (unpaired) electrons. The maximum atomic E-state index is 12.9. The van der Waals surface area contributed by atoms with E-state index in [-0.39, 0.29) is 42.3 Å². The summed E-state index contributed by atoms with van der Waals surface area (Å²) in [6, 6.07) is 13.4. The maximum Gasteiger partial charge on any atom is 0.224 e. The first kappa shape index (κ1) is 24.2. The summed E-state index contributed by atoms with van der Waals surface area (Å²) in [4.78, 5) is 35.7. The minimum absolute atomic E-state index is 0.0298. The largest absolute Gasteiger partial charge is 0.372 e. The third-order valence-corrected chi connectivity index (χ3v) is 6.21. The van der Waals surface area contributed by atoms with E-state index < -0.39 is 0 Å². The van der Waals surface area contributed by atoms with Gasteiger partial charge in [0.15, 0.2) is 5.78 Å². The van der Waals surface area contributed by atoms with Gasteiger partial charge in [-0.3, -0.25) is 9.59 Å². The average Bonchev–Trinajstić information content (AvgIpc) is 3.09. The Balaban J connectivity index is 1.36. The third-order valence-electron chi connectivity index (χ3n) is 6.21. The zero-order chi connectivity index (χ0) is 25.1. The predicted molar refractivity (Wildman–Crippen MR) is 135 cm³/mol. The molecule has 9 heteroatoms. The van der Waals surface area contributed by atoms with E-state index in [0.29, 0.717) is 11.5 Å². The number of hydrogen-bond acceptors (Lipinski definition) is 8. The standard InChI is InChI=1S/C26H30N6O3/c1-17-15-32(16-18(2)35-17)24-11-9-19(14-28-24)29-25(34)12-10-23(33)20(13-27)26-30(3)21-7-5-6-8-22(21)31(26)4/h5-9,11,14,17-18H,10,12,15-16H2,1-4H3,(H,29,34). The van der Waals surface area contributed by atoms with E-state index in [2.05, 4.69) is 15.2 Å². The van der Waals surface area contributed by atoms with Crippen molar-refractivity contribution in [2.45, 2.75) is 38.9 Å². The van der Waals surface area contributed by atoms with Gasteiger partial charge < -0.3 is 24.8 Å². The topological polar surface area (TPSA) is 102 Å². The first-order valence-electron chi connectivity index (χ1n) is 11.7. The van der Waals surface area contributed by atoms with Crippen molar-refractivity contribution in [2.24, 2.45) is 0 Å². The van der Waals surface area contributed by atoms with Crippen molar-refractivity contribution >= 4 is 34.6 Å². The van der Waals surface area contributed by atoms with Crippen LogP contribution in [0.5, 0.6) is 0 Å². The van der Waals surface area contributed by atoms with Crippen molar-refractivity contribution < 1.29 is 14.3 Å². The van der Waals surface area contributed by atoms with Crippen molar-refractivity contribution in [1.29, 1.82) is 5.26 Å². The molecule has 1 fully saturated rings. The molecule has 4 rings (SSSR count). The molecule has 0 aliphatic carbocycles. The molecule has 2 aliphatic rings. The fourth-order valence-corrected chi connectivity index (χ4v) is 4.64. The minimum Gasteiger partial charge on any atom is -0.372 e. The molecule has 35 heavy (non-hydrogen) atoms. The normalized spacial score (nSPS) is 19.3. The summed E-state index contributed by atoms with van der Waals surface area (Å²) in [5, 5.41) is 12.5. The Bertz CT molecular complexity index is 1150. The Morgan fingerprint density at radius 1 is 1.06 bits per heavy atom. The number of hydrogen-bond donors (Lipinski definition) is 1. The summed E-state index contributed by atoms with van der Waals surface area (Å²) >= 11 is 0. The molecule has 0 spiro atoms. The number of Topliss-reactive ketones (excluding diaryl/α,β-unsaturated/α-hetero) is 1. The number of ether oxygens (including phenoxy) is 1. The number of carbonyl (C=O) groups excluding carboxylic acids is 2. The van der Waals surface area contributed by atoms with E-state index in [1.807, 2.05) is 74.1 Å². The summed E-state index contributed by atoms with van der Waals surface area (Å²) in [5.74, 6) is 0.676. The molecule has 2 unspecified atom stereocenters. The maximum absolute atomic E-state index is 12.9. The molecule has 2 atom stereocenters. The second kappa shape index (κ2) is 10.2. The van der Waals surface area contributed by atoms with Crippen LogP contribution in [0.1, 0.15) is 26.7 Å². The second-order valence-corrected chi connectivity index (χ2v) is 8.96. The van der Waals surface area contributed by atoms with Gasteiger partial charge in [-0.15, -0.1) is 0 Å². The molecule has 0 saturated carbocycles. The molecule has 1 aromatic heterocycles. The van der Waals surface area contributed by atoms with Gasteiger partial charge in [-0.2, -0.15) is 5.26 Å². The SMILES string of the molecule is CC1CN(c2ccc(NC(=O)CCC(=O)C(C#N)=C3N(C)c4ccccc4N3C)cn2)CC(C)O1. The monoisotopic (exact) mass is 474 g/mol. The third kappa shape index (κ3) is 5.12. The number of nitrogens with zero attached hydrogens (tertiary/aromatic N) is 5. The molecule has 2 aliphatic heterocycles. The number of amides is 1. The molecular weight excluding hydrogens is 444 g/mol. The van der Waals surface area contributed by atoms with E-state index >= 15 is 0 Å². The number of para-hydroxylation sites is 2. The van der Waals surface area contributed by atoms with Gasteiger partial charge in [-0.25, -0.2) is 4.98 Å². The summed E-state index contributed by atoms with van der Waals surface area (Å²) in [6.07, 6.45) is 1.78. The number of fused-ring (bicyclic) bond motifs is 1. The van der Waals surface area contributed by atoms with Gasteiger partial charge in [-0.05, 0) is 38.1 Å². The number of pyridine rings is 1. The van der Waals surface area contributed by atoms with Crippen molar-refractivity contribution in [1.82, 2.24) is 4.98 Å². The van der Waals surface area contributed by atoms with Crippen LogP contribution in [0.2, 0.25) is 0 Å². The Hall–Kier alpha value is -3.90. The van der Waals surface area contributed by atoms with E-state index in [1.54, 1.807) is 12.3 Å². The summed E-state index contributed by atoms with van der Waals surface area (Å²) in [5.41, 5.74) is 2.43. The molecule has 1 saturated heterocycles. The molecule has 3 heterocycles. The number of morpholine rings is 1. The highest BCUT2D eigenvalue weighted by Gasteiger charge is 2.31. The highest BCUT2D eigenvalue weighted by Crippen LogP contribution is 2.40. The van der Waals surface area contributed by atoms with Crippen LogP contribution < -0.4 is 20.0 Å². The fourth-order valence-electron chi connectivity index (χ4n) is 4.64. The zero-order valence-electron chi connectivity index (χ0n) is 20.5. The minimum atomic E-state index is -0.367. The Morgan fingerprint density at radius 3 is 2.23 bits per heavy atom. The van der Waals surface area contributed by atoms with Crippen molar-refractivity contribution in [3.8, 4) is 6.07 Å². The quantitative estimate of drug-likeness (QED) is 0.503. The van der Waals surface area contributed by atoms with Crippen molar-refractivity contribution in [3.63, 3.8) is 0 Å². The summed E-state index contributed by atoms with van der Waals surface area (Å²) in [6.45, 7) is 5.59. The lowest BCUT2D eigenvalue weighted by Crippen LogP contribution is -2.45. The predicted octanol–water partition coefficient (Wildman–Crippen LogP) is 3.30. The lowest BCUT2D eigenvalue weighted by atomic mass is 10.1. The number of allylic oxidation sites excluding steroid dienone is 1. The summed E-state index contributed by atoms with van der Waals surface area (Å²) < 4.78 is 5.76. The zero-order valence-corrected chi connectivity index (χ0v) is 20.5. The summed E-state index contributed by atoms with van der Waals surface area (Å²) in [7, 11) is 3.65. The number of anilines is 4. The molecule has 2 aromatic rings. The van der Waals surface area contributed by atoms with Crippen molar-refractivity contribution in [2.75, 3.05) is 47.2 Å².